The molecular formula is C20H23N9O. The van der Waals surface area contributed by atoms with Crippen LogP contribution in [-0.2, 0) is 6.54 Å². The maximum Gasteiger partial charge on any atom is 0.266 e. The summed E-state index contributed by atoms with van der Waals surface area (Å²) in [4.78, 5) is 25.1. The van der Waals surface area contributed by atoms with E-state index in [2.05, 4.69) is 30.0 Å². The molecule has 4 heterocycles. The van der Waals surface area contributed by atoms with Crippen molar-refractivity contribution in [1.29, 1.82) is 5.26 Å². The second-order valence-electron chi connectivity index (χ2n) is 7.29. The quantitative estimate of drug-likeness (QED) is 0.605. The van der Waals surface area contributed by atoms with E-state index < -0.39 is 0 Å². The standard InChI is InChI=1S/C20H23N9O/c1-15-11-16(2)29(24-15)18-3-4-20(30)28(25-18)10-7-26-5-8-27(9-6-26)19-14-22-17(12-21)13-23-19/h3-4,11,13-14H,5-10H2,1-2H3. The SMILES string of the molecule is Cc1cc(C)n(-c2ccc(=O)n(CCN3CCN(c4cnc(C#N)cn4)CC3)n2)n1. The molecule has 4 rings (SSSR count). The molecule has 0 bridgehead atoms. The molecule has 0 aliphatic carbocycles. The molecule has 0 amide bonds. The minimum Gasteiger partial charge on any atom is -0.353 e. The van der Waals surface area contributed by atoms with Gasteiger partial charge in [0.25, 0.3) is 5.56 Å². The first-order chi connectivity index (χ1) is 14.5. The van der Waals surface area contributed by atoms with E-state index in [1.54, 1.807) is 23.0 Å². The van der Waals surface area contributed by atoms with Gasteiger partial charge in [0.2, 0.25) is 0 Å². The van der Waals surface area contributed by atoms with Crippen LogP contribution in [0.2, 0.25) is 0 Å². The zero-order valence-corrected chi connectivity index (χ0v) is 17.1. The van der Waals surface area contributed by atoms with Crippen molar-refractivity contribution in [1.82, 2.24) is 34.4 Å². The van der Waals surface area contributed by atoms with E-state index in [0.717, 1.165) is 49.9 Å². The maximum atomic E-state index is 12.3. The molecule has 1 saturated heterocycles. The van der Waals surface area contributed by atoms with Gasteiger partial charge in [0, 0.05) is 44.5 Å². The lowest BCUT2D eigenvalue weighted by Crippen LogP contribution is -2.48. The summed E-state index contributed by atoms with van der Waals surface area (Å²) in [5, 5.41) is 17.8. The van der Waals surface area contributed by atoms with Gasteiger partial charge in [-0.3, -0.25) is 9.69 Å². The number of nitriles is 1. The Labute approximate surface area is 174 Å². The van der Waals surface area contributed by atoms with Gasteiger partial charge in [0.1, 0.15) is 11.9 Å². The predicted octanol–water partition coefficient (Wildman–Crippen LogP) is 0.530. The molecule has 0 unspecified atom stereocenters. The Kier molecular flexibility index (Phi) is 5.54. The third kappa shape index (κ3) is 4.21. The highest BCUT2D eigenvalue weighted by molar-refractivity contribution is 5.37. The highest BCUT2D eigenvalue weighted by Crippen LogP contribution is 2.12. The first-order valence-corrected chi connectivity index (χ1v) is 9.85. The number of rotatable bonds is 5. The van der Waals surface area contributed by atoms with Crippen molar-refractivity contribution in [2.75, 3.05) is 37.6 Å². The van der Waals surface area contributed by atoms with Crippen molar-refractivity contribution >= 4 is 5.82 Å². The van der Waals surface area contributed by atoms with E-state index in [1.165, 1.54) is 10.9 Å². The van der Waals surface area contributed by atoms with Crippen molar-refractivity contribution in [3.05, 3.63) is 58.0 Å². The summed E-state index contributed by atoms with van der Waals surface area (Å²) in [6, 6.07) is 7.21. The molecule has 1 aliphatic rings. The minimum atomic E-state index is -0.119. The van der Waals surface area contributed by atoms with Gasteiger partial charge in [-0.25, -0.2) is 19.3 Å². The molecule has 0 radical (unpaired) electrons. The van der Waals surface area contributed by atoms with Crippen LogP contribution in [0.5, 0.6) is 0 Å². The molecule has 0 atom stereocenters. The summed E-state index contributed by atoms with van der Waals surface area (Å²) in [6.07, 6.45) is 3.14. The molecule has 0 saturated carbocycles. The van der Waals surface area contributed by atoms with Crippen LogP contribution in [0, 0.1) is 25.2 Å². The topological polar surface area (TPSA) is 109 Å². The summed E-state index contributed by atoms with van der Waals surface area (Å²) < 4.78 is 3.26. The highest BCUT2D eigenvalue weighted by Gasteiger charge is 2.18. The molecule has 0 aromatic carbocycles. The largest absolute Gasteiger partial charge is 0.353 e. The first kappa shape index (κ1) is 19.7. The average Bonchev–Trinajstić information content (AvgIpc) is 3.11. The average molecular weight is 405 g/mol. The van der Waals surface area contributed by atoms with Gasteiger partial charge in [0.15, 0.2) is 11.5 Å². The Morgan fingerprint density at radius 2 is 1.80 bits per heavy atom. The molecule has 0 N–H and O–H groups in total. The fourth-order valence-electron chi connectivity index (χ4n) is 3.55. The summed E-state index contributed by atoms with van der Waals surface area (Å²) in [7, 11) is 0. The third-order valence-electron chi connectivity index (χ3n) is 5.16. The second kappa shape index (κ2) is 8.42. The number of hydrogen-bond acceptors (Lipinski definition) is 8. The van der Waals surface area contributed by atoms with Crippen LogP contribution in [-0.4, -0.2) is 67.2 Å². The van der Waals surface area contributed by atoms with E-state index >= 15 is 0 Å². The van der Waals surface area contributed by atoms with Gasteiger partial charge in [0.05, 0.1) is 24.6 Å². The van der Waals surface area contributed by atoms with E-state index in [4.69, 9.17) is 5.26 Å². The Morgan fingerprint density at radius 1 is 1.00 bits per heavy atom. The lowest BCUT2D eigenvalue weighted by atomic mass is 10.3. The van der Waals surface area contributed by atoms with E-state index in [1.807, 2.05) is 26.0 Å². The summed E-state index contributed by atoms with van der Waals surface area (Å²) >= 11 is 0. The summed E-state index contributed by atoms with van der Waals surface area (Å²) in [6.45, 7) is 8.49. The molecule has 10 nitrogen and oxygen atoms in total. The maximum absolute atomic E-state index is 12.3. The van der Waals surface area contributed by atoms with Crippen LogP contribution < -0.4 is 10.5 Å². The lowest BCUT2D eigenvalue weighted by Gasteiger charge is -2.35. The van der Waals surface area contributed by atoms with Crippen molar-refractivity contribution in [2.45, 2.75) is 20.4 Å². The van der Waals surface area contributed by atoms with E-state index in [0.29, 0.717) is 18.1 Å². The zero-order chi connectivity index (χ0) is 21.1. The predicted molar refractivity (Wildman–Crippen MR) is 110 cm³/mol. The monoisotopic (exact) mass is 405 g/mol. The molecule has 1 fully saturated rings. The van der Waals surface area contributed by atoms with Gasteiger partial charge >= 0.3 is 0 Å². The van der Waals surface area contributed by atoms with Gasteiger partial charge in [-0.2, -0.15) is 10.4 Å². The Bertz CT molecular complexity index is 1120. The third-order valence-corrected chi connectivity index (χ3v) is 5.16. The molecule has 30 heavy (non-hydrogen) atoms. The van der Waals surface area contributed by atoms with Crippen molar-refractivity contribution in [2.24, 2.45) is 0 Å². The smallest absolute Gasteiger partial charge is 0.266 e. The first-order valence-electron chi connectivity index (χ1n) is 9.85. The summed E-state index contributed by atoms with van der Waals surface area (Å²) in [5.41, 5.74) is 2.09. The second-order valence-corrected chi connectivity index (χ2v) is 7.29. The van der Waals surface area contributed by atoms with Crippen LogP contribution in [0.15, 0.2) is 35.4 Å². The minimum absolute atomic E-state index is 0.119. The van der Waals surface area contributed by atoms with Crippen LogP contribution >= 0.6 is 0 Å². The van der Waals surface area contributed by atoms with Crippen LogP contribution in [0.25, 0.3) is 5.82 Å². The molecule has 0 spiro atoms. The summed E-state index contributed by atoms with van der Waals surface area (Å²) in [5.74, 6) is 1.42. The fraction of sp³-hybridized carbons (Fsp3) is 0.400. The zero-order valence-electron chi connectivity index (χ0n) is 17.1. The van der Waals surface area contributed by atoms with Crippen molar-refractivity contribution < 1.29 is 0 Å². The van der Waals surface area contributed by atoms with Crippen LogP contribution in [0.1, 0.15) is 17.1 Å². The van der Waals surface area contributed by atoms with E-state index in [9.17, 15) is 4.79 Å². The van der Waals surface area contributed by atoms with E-state index in [-0.39, 0.29) is 5.56 Å². The van der Waals surface area contributed by atoms with Crippen molar-refractivity contribution in [3.63, 3.8) is 0 Å². The lowest BCUT2D eigenvalue weighted by molar-refractivity contribution is 0.242. The number of piperazine rings is 1. The van der Waals surface area contributed by atoms with Gasteiger partial charge in [-0.05, 0) is 26.0 Å². The normalized spacial score (nSPS) is 14.6. The highest BCUT2D eigenvalue weighted by atomic mass is 16.1. The van der Waals surface area contributed by atoms with Gasteiger partial charge < -0.3 is 4.90 Å². The Hall–Kier alpha value is -3.58. The van der Waals surface area contributed by atoms with Crippen LogP contribution in [0.3, 0.4) is 0 Å². The van der Waals surface area contributed by atoms with Gasteiger partial charge in [-0.15, -0.1) is 5.10 Å². The molecule has 154 valence electrons. The Morgan fingerprint density at radius 3 is 2.43 bits per heavy atom. The molecular weight excluding hydrogens is 382 g/mol. The fourth-order valence-corrected chi connectivity index (χ4v) is 3.55. The van der Waals surface area contributed by atoms with Crippen molar-refractivity contribution in [3.8, 4) is 11.9 Å². The number of aromatic nitrogens is 6. The number of nitrogens with zero attached hydrogens (tertiary/aromatic N) is 9. The number of hydrogen-bond donors (Lipinski definition) is 0. The Balaban J connectivity index is 1.36. The van der Waals surface area contributed by atoms with Gasteiger partial charge in [-0.1, -0.05) is 0 Å². The molecule has 1 aliphatic heterocycles. The molecule has 10 heteroatoms. The molecule has 3 aromatic rings. The molecule has 3 aromatic heterocycles. The van der Waals surface area contributed by atoms with Crippen LogP contribution in [0.4, 0.5) is 5.82 Å². The number of aryl methyl sites for hydroxylation is 2. The number of anilines is 1.